The first kappa shape index (κ1) is 17.3. The van der Waals surface area contributed by atoms with Gasteiger partial charge in [0.25, 0.3) is 5.91 Å². The molecule has 0 unspecified atom stereocenters. The number of benzene rings is 2. The Bertz CT molecular complexity index is 686. The van der Waals surface area contributed by atoms with Gasteiger partial charge in [-0.15, -0.1) is 0 Å². The topological polar surface area (TPSA) is 47.6 Å². The molecular weight excluding hydrogens is 358 g/mol. The van der Waals surface area contributed by atoms with Crippen molar-refractivity contribution in [2.75, 3.05) is 19.0 Å². The second-order valence-corrected chi connectivity index (χ2v) is 6.45. The van der Waals surface area contributed by atoms with Crippen LogP contribution in [0.5, 0.6) is 11.5 Å². The highest BCUT2D eigenvalue weighted by Crippen LogP contribution is 2.25. The monoisotopic (exact) mass is 377 g/mol. The third-order valence-corrected chi connectivity index (χ3v) is 3.58. The van der Waals surface area contributed by atoms with E-state index in [1.807, 2.05) is 24.3 Å². The third kappa shape index (κ3) is 4.99. The molecule has 4 nitrogen and oxygen atoms in total. The van der Waals surface area contributed by atoms with Crippen LogP contribution < -0.4 is 14.8 Å². The van der Waals surface area contributed by atoms with E-state index in [4.69, 9.17) is 9.47 Å². The minimum Gasteiger partial charge on any atom is -0.497 e. The van der Waals surface area contributed by atoms with Crippen LogP contribution in [0.2, 0.25) is 0 Å². The Morgan fingerprint density at radius 3 is 2.70 bits per heavy atom. The number of amides is 1. The number of hydrogen-bond donors (Lipinski definition) is 1. The Hall–Kier alpha value is -2.01. The normalized spacial score (nSPS) is 10.5. The Morgan fingerprint density at radius 1 is 1.22 bits per heavy atom. The van der Waals surface area contributed by atoms with Crippen LogP contribution in [0.3, 0.4) is 0 Å². The van der Waals surface area contributed by atoms with Crippen molar-refractivity contribution in [1.29, 1.82) is 0 Å². The van der Waals surface area contributed by atoms with Gasteiger partial charge in [-0.05, 0) is 36.2 Å². The Labute approximate surface area is 144 Å². The summed E-state index contributed by atoms with van der Waals surface area (Å²) in [7, 11) is 1.59. The van der Waals surface area contributed by atoms with E-state index in [2.05, 4.69) is 35.1 Å². The van der Waals surface area contributed by atoms with Gasteiger partial charge in [0.1, 0.15) is 11.5 Å². The van der Waals surface area contributed by atoms with Crippen LogP contribution in [0.15, 0.2) is 46.9 Å². The summed E-state index contributed by atoms with van der Waals surface area (Å²) in [6.07, 6.45) is 0. The van der Waals surface area contributed by atoms with Crippen LogP contribution in [0, 0.1) is 5.92 Å². The number of methoxy groups -OCH3 is 1. The predicted octanol–water partition coefficient (Wildman–Crippen LogP) is 4.74. The number of rotatable bonds is 6. The first-order chi connectivity index (χ1) is 11.0. The van der Waals surface area contributed by atoms with Crippen LogP contribution in [0.4, 0.5) is 5.69 Å². The lowest BCUT2D eigenvalue weighted by Gasteiger charge is -2.14. The van der Waals surface area contributed by atoms with Crippen LogP contribution in [0.25, 0.3) is 0 Å². The molecule has 5 heteroatoms. The Kier molecular flexibility index (Phi) is 6.04. The standard InChI is InChI=1S/C18H20BrNO3/c1-12(2)11-23-17-8-7-13(19)9-16(17)18(21)20-14-5-4-6-15(10-14)22-3/h4-10,12H,11H2,1-3H3,(H,20,21). The van der Waals surface area contributed by atoms with Crippen LogP contribution >= 0.6 is 15.9 Å². The van der Waals surface area contributed by atoms with E-state index in [9.17, 15) is 4.79 Å². The van der Waals surface area contributed by atoms with Gasteiger partial charge in [-0.1, -0.05) is 35.8 Å². The summed E-state index contributed by atoms with van der Waals surface area (Å²) in [6.45, 7) is 4.69. The lowest BCUT2D eigenvalue weighted by Crippen LogP contribution is -2.15. The average Bonchev–Trinajstić information content (AvgIpc) is 2.53. The van der Waals surface area contributed by atoms with Gasteiger partial charge in [-0.2, -0.15) is 0 Å². The van der Waals surface area contributed by atoms with Gasteiger partial charge in [-0.25, -0.2) is 0 Å². The summed E-state index contributed by atoms with van der Waals surface area (Å²) in [6, 6.07) is 12.6. The summed E-state index contributed by atoms with van der Waals surface area (Å²) in [5.41, 5.74) is 1.16. The molecule has 0 bridgehead atoms. The number of anilines is 1. The predicted molar refractivity (Wildman–Crippen MR) is 95.4 cm³/mol. The fraction of sp³-hybridized carbons (Fsp3) is 0.278. The van der Waals surface area contributed by atoms with Crippen LogP contribution in [-0.2, 0) is 0 Å². The number of halogens is 1. The first-order valence-electron chi connectivity index (χ1n) is 7.37. The van der Waals surface area contributed by atoms with E-state index in [1.165, 1.54) is 0 Å². The molecule has 1 amide bonds. The summed E-state index contributed by atoms with van der Waals surface area (Å²) in [4.78, 5) is 12.6. The van der Waals surface area contributed by atoms with Crippen molar-refractivity contribution in [1.82, 2.24) is 0 Å². The summed E-state index contributed by atoms with van der Waals surface area (Å²) < 4.78 is 11.7. The molecule has 122 valence electrons. The van der Waals surface area contributed by atoms with Gasteiger partial charge in [0.05, 0.1) is 19.3 Å². The molecule has 0 aliphatic carbocycles. The maximum Gasteiger partial charge on any atom is 0.259 e. The maximum atomic E-state index is 12.6. The largest absolute Gasteiger partial charge is 0.497 e. The van der Waals surface area contributed by atoms with E-state index in [-0.39, 0.29) is 5.91 Å². The molecule has 0 saturated heterocycles. The van der Waals surface area contributed by atoms with Crippen molar-refractivity contribution in [3.8, 4) is 11.5 Å². The van der Waals surface area contributed by atoms with E-state index >= 15 is 0 Å². The number of carbonyl (C=O) groups excluding carboxylic acids is 1. The zero-order chi connectivity index (χ0) is 16.8. The molecule has 23 heavy (non-hydrogen) atoms. The molecular formula is C18H20BrNO3. The Balaban J connectivity index is 2.21. The molecule has 0 atom stereocenters. The van der Waals surface area contributed by atoms with Gasteiger partial charge in [0.2, 0.25) is 0 Å². The van der Waals surface area contributed by atoms with E-state index in [0.717, 1.165) is 4.47 Å². The zero-order valence-electron chi connectivity index (χ0n) is 13.4. The number of hydrogen-bond acceptors (Lipinski definition) is 3. The SMILES string of the molecule is COc1cccc(NC(=O)c2cc(Br)ccc2OCC(C)C)c1. The van der Waals surface area contributed by atoms with E-state index in [1.54, 1.807) is 25.3 Å². The van der Waals surface area contributed by atoms with Gasteiger partial charge in [0, 0.05) is 16.2 Å². The molecule has 0 heterocycles. The molecule has 0 aliphatic heterocycles. The summed E-state index contributed by atoms with van der Waals surface area (Å²) in [5.74, 6) is 1.42. The van der Waals surface area contributed by atoms with Crippen LogP contribution in [0.1, 0.15) is 24.2 Å². The molecule has 2 aromatic rings. The molecule has 0 spiro atoms. The van der Waals surface area contributed by atoms with Gasteiger partial charge in [-0.3, -0.25) is 4.79 Å². The molecule has 0 radical (unpaired) electrons. The lowest BCUT2D eigenvalue weighted by atomic mass is 10.1. The molecule has 0 aromatic heterocycles. The lowest BCUT2D eigenvalue weighted by molar-refractivity contribution is 0.102. The van der Waals surface area contributed by atoms with Crippen molar-refractivity contribution in [2.24, 2.45) is 5.92 Å². The molecule has 0 aliphatic rings. The smallest absolute Gasteiger partial charge is 0.259 e. The van der Waals surface area contributed by atoms with Crippen molar-refractivity contribution in [3.05, 3.63) is 52.5 Å². The highest BCUT2D eigenvalue weighted by molar-refractivity contribution is 9.10. The number of ether oxygens (including phenoxy) is 2. The molecule has 2 rings (SSSR count). The van der Waals surface area contributed by atoms with E-state index in [0.29, 0.717) is 35.3 Å². The van der Waals surface area contributed by atoms with Crippen molar-refractivity contribution >= 4 is 27.5 Å². The quantitative estimate of drug-likeness (QED) is 0.790. The Morgan fingerprint density at radius 2 is 2.00 bits per heavy atom. The molecule has 0 fully saturated rings. The maximum absolute atomic E-state index is 12.6. The zero-order valence-corrected chi connectivity index (χ0v) is 15.0. The van der Waals surface area contributed by atoms with Gasteiger partial charge < -0.3 is 14.8 Å². The second-order valence-electron chi connectivity index (χ2n) is 5.53. The number of nitrogens with one attached hydrogen (secondary N) is 1. The van der Waals surface area contributed by atoms with Crippen molar-refractivity contribution in [2.45, 2.75) is 13.8 Å². The second kappa shape index (κ2) is 8.02. The minimum absolute atomic E-state index is 0.224. The number of carbonyl (C=O) groups is 1. The van der Waals surface area contributed by atoms with Crippen LogP contribution in [-0.4, -0.2) is 19.6 Å². The summed E-state index contributed by atoms with van der Waals surface area (Å²) >= 11 is 3.40. The first-order valence-corrected chi connectivity index (χ1v) is 8.16. The average molecular weight is 378 g/mol. The fourth-order valence-corrected chi connectivity index (χ4v) is 2.32. The van der Waals surface area contributed by atoms with Gasteiger partial charge >= 0.3 is 0 Å². The summed E-state index contributed by atoms with van der Waals surface area (Å²) in [5, 5.41) is 2.87. The van der Waals surface area contributed by atoms with Crippen molar-refractivity contribution in [3.63, 3.8) is 0 Å². The molecule has 1 N–H and O–H groups in total. The third-order valence-electron chi connectivity index (χ3n) is 3.09. The van der Waals surface area contributed by atoms with Crippen molar-refractivity contribution < 1.29 is 14.3 Å². The van der Waals surface area contributed by atoms with E-state index < -0.39 is 0 Å². The fourth-order valence-electron chi connectivity index (χ4n) is 1.96. The highest BCUT2D eigenvalue weighted by atomic mass is 79.9. The van der Waals surface area contributed by atoms with Gasteiger partial charge in [0.15, 0.2) is 0 Å². The molecule has 2 aromatic carbocycles. The molecule has 0 saturated carbocycles. The highest BCUT2D eigenvalue weighted by Gasteiger charge is 2.14. The minimum atomic E-state index is -0.224.